The minimum atomic E-state index is -3.77. The van der Waals surface area contributed by atoms with Crippen LogP contribution >= 0.6 is 0 Å². The Hall–Kier alpha value is -1.74. The van der Waals surface area contributed by atoms with Gasteiger partial charge in [0, 0.05) is 24.8 Å². The second-order valence-corrected chi connectivity index (χ2v) is 9.20. The average molecular weight is 410 g/mol. The van der Waals surface area contributed by atoms with Gasteiger partial charge in [0.2, 0.25) is 10.0 Å². The molecular formula is C20H31N3O4S. The van der Waals surface area contributed by atoms with Crippen LogP contribution < -0.4 is 4.72 Å². The molecule has 0 spiro atoms. The third-order valence-corrected chi connectivity index (χ3v) is 5.49. The van der Waals surface area contributed by atoms with Crippen LogP contribution in [0.2, 0.25) is 0 Å². The number of nitrogens with one attached hydrogen (secondary N) is 1. The quantitative estimate of drug-likeness (QED) is 0.610. The first-order valence-corrected chi connectivity index (χ1v) is 11.0. The molecule has 0 aliphatic carbocycles. The molecule has 0 saturated heterocycles. The van der Waals surface area contributed by atoms with Gasteiger partial charge in [-0.3, -0.25) is 4.68 Å². The Labute approximate surface area is 168 Å². The summed E-state index contributed by atoms with van der Waals surface area (Å²) in [6, 6.07) is 9.81. The number of sulfonamides is 1. The molecule has 2 rings (SSSR count). The average Bonchev–Trinajstić information content (AvgIpc) is 3.06. The zero-order chi connectivity index (χ0) is 20.8. The van der Waals surface area contributed by atoms with Crippen LogP contribution in [0.25, 0.3) is 0 Å². The Balaban J connectivity index is 2.28. The highest BCUT2D eigenvalue weighted by Gasteiger charge is 2.30. The molecule has 8 heteroatoms. The predicted octanol–water partition coefficient (Wildman–Crippen LogP) is 2.91. The summed E-state index contributed by atoms with van der Waals surface area (Å²) in [5.41, 5.74) is 1.15. The summed E-state index contributed by atoms with van der Waals surface area (Å²) in [4.78, 5) is 0.183. The summed E-state index contributed by atoms with van der Waals surface area (Å²) in [6.07, 6.45) is 0.967. The third kappa shape index (κ3) is 6.13. The molecule has 0 bridgehead atoms. The maximum atomic E-state index is 13.0. The van der Waals surface area contributed by atoms with Crippen LogP contribution in [-0.4, -0.2) is 44.2 Å². The van der Waals surface area contributed by atoms with Crippen LogP contribution in [0.1, 0.15) is 45.9 Å². The highest BCUT2D eigenvalue weighted by atomic mass is 32.2. The topological polar surface area (TPSA) is 82.5 Å². The van der Waals surface area contributed by atoms with Gasteiger partial charge >= 0.3 is 0 Å². The van der Waals surface area contributed by atoms with E-state index >= 15 is 0 Å². The molecule has 7 nitrogen and oxygen atoms in total. The lowest BCUT2D eigenvalue weighted by Crippen LogP contribution is -2.36. The summed E-state index contributed by atoms with van der Waals surface area (Å²) < 4.78 is 41.1. The van der Waals surface area contributed by atoms with E-state index in [2.05, 4.69) is 9.82 Å². The number of hydrogen-bond acceptors (Lipinski definition) is 5. The fraction of sp³-hybridized carbons (Fsp3) is 0.550. The van der Waals surface area contributed by atoms with Crippen LogP contribution in [0, 0.1) is 0 Å². The van der Waals surface area contributed by atoms with E-state index in [1.54, 1.807) is 10.9 Å². The van der Waals surface area contributed by atoms with Gasteiger partial charge in [-0.25, -0.2) is 13.1 Å². The van der Waals surface area contributed by atoms with Gasteiger partial charge in [0.05, 0.1) is 18.8 Å². The highest BCUT2D eigenvalue weighted by Crippen LogP contribution is 2.27. The Kier molecular flexibility index (Phi) is 7.77. The summed E-state index contributed by atoms with van der Waals surface area (Å²) in [7, 11) is -3.77. The molecule has 0 amide bonds. The molecule has 28 heavy (non-hydrogen) atoms. The van der Waals surface area contributed by atoms with Gasteiger partial charge in [0.25, 0.3) is 0 Å². The lowest BCUT2D eigenvalue weighted by molar-refractivity contribution is -0.130. The molecule has 1 N–H and O–H groups in total. The van der Waals surface area contributed by atoms with Crippen molar-refractivity contribution in [1.29, 1.82) is 0 Å². The molecule has 0 aliphatic rings. The number of benzene rings is 1. The molecule has 0 fully saturated rings. The lowest BCUT2D eigenvalue weighted by atomic mass is 9.92. The second kappa shape index (κ2) is 9.65. The van der Waals surface area contributed by atoms with Crippen molar-refractivity contribution in [1.82, 2.24) is 14.5 Å². The maximum Gasteiger partial charge on any atom is 0.244 e. The zero-order valence-electron chi connectivity index (χ0n) is 17.3. The number of rotatable bonds is 10. The Bertz CT molecular complexity index is 836. The van der Waals surface area contributed by atoms with Crippen molar-refractivity contribution in [2.24, 2.45) is 0 Å². The van der Waals surface area contributed by atoms with Crippen LogP contribution in [0.15, 0.2) is 41.4 Å². The summed E-state index contributed by atoms with van der Waals surface area (Å²) in [5.74, 6) is 0. The molecular weight excluding hydrogens is 378 g/mol. The zero-order valence-corrected chi connectivity index (χ0v) is 18.1. The fourth-order valence-corrected chi connectivity index (χ4v) is 4.14. The first-order valence-electron chi connectivity index (χ1n) is 9.52. The van der Waals surface area contributed by atoms with Crippen molar-refractivity contribution < 1.29 is 17.9 Å². The van der Waals surface area contributed by atoms with E-state index in [-0.39, 0.29) is 11.4 Å². The van der Waals surface area contributed by atoms with Gasteiger partial charge in [-0.2, -0.15) is 5.10 Å². The Morgan fingerprint density at radius 1 is 1.11 bits per heavy atom. The molecule has 1 aromatic heterocycles. The van der Waals surface area contributed by atoms with Crippen molar-refractivity contribution >= 4 is 10.0 Å². The van der Waals surface area contributed by atoms with Gasteiger partial charge in [0.1, 0.15) is 4.90 Å². The van der Waals surface area contributed by atoms with Crippen LogP contribution in [0.5, 0.6) is 0 Å². The van der Waals surface area contributed by atoms with Crippen molar-refractivity contribution in [2.45, 2.75) is 57.8 Å². The van der Waals surface area contributed by atoms with E-state index in [0.29, 0.717) is 25.5 Å². The van der Waals surface area contributed by atoms with E-state index in [1.165, 1.54) is 0 Å². The SMILES string of the molecule is CCOC(CNS(=O)(=O)c1cn(Cc2ccccc2)nc1C(C)(C)C)OCC. The predicted molar refractivity (Wildman–Crippen MR) is 109 cm³/mol. The number of hydrogen-bond donors (Lipinski definition) is 1. The molecule has 1 heterocycles. The lowest BCUT2D eigenvalue weighted by Gasteiger charge is -2.19. The van der Waals surface area contributed by atoms with E-state index in [1.807, 2.05) is 65.0 Å². The number of aromatic nitrogens is 2. The molecule has 0 aliphatic heterocycles. The molecule has 0 unspecified atom stereocenters. The van der Waals surface area contributed by atoms with Crippen LogP contribution in [-0.2, 0) is 31.5 Å². The minimum absolute atomic E-state index is 0.0391. The normalized spacial score (nSPS) is 12.6. The third-order valence-electron chi connectivity index (χ3n) is 4.06. The first-order chi connectivity index (χ1) is 13.2. The van der Waals surface area contributed by atoms with Crippen molar-refractivity contribution in [3.8, 4) is 0 Å². The molecule has 156 valence electrons. The largest absolute Gasteiger partial charge is 0.352 e. The van der Waals surface area contributed by atoms with Crippen LogP contribution in [0.4, 0.5) is 0 Å². The van der Waals surface area contributed by atoms with Crippen molar-refractivity contribution in [3.63, 3.8) is 0 Å². The van der Waals surface area contributed by atoms with Gasteiger partial charge < -0.3 is 9.47 Å². The minimum Gasteiger partial charge on any atom is -0.352 e. The van der Waals surface area contributed by atoms with E-state index in [0.717, 1.165) is 5.56 Å². The second-order valence-electron chi connectivity index (χ2n) is 7.47. The summed E-state index contributed by atoms with van der Waals surface area (Å²) in [5, 5.41) is 4.58. The Morgan fingerprint density at radius 3 is 2.25 bits per heavy atom. The van der Waals surface area contributed by atoms with E-state index in [4.69, 9.17) is 9.47 Å². The van der Waals surface area contributed by atoms with Gasteiger partial charge in [-0.1, -0.05) is 51.1 Å². The molecule has 2 aromatic rings. The summed E-state index contributed by atoms with van der Waals surface area (Å²) >= 11 is 0. The smallest absolute Gasteiger partial charge is 0.244 e. The summed E-state index contributed by atoms with van der Waals surface area (Å²) in [6.45, 7) is 10.9. The highest BCUT2D eigenvalue weighted by molar-refractivity contribution is 7.89. The van der Waals surface area contributed by atoms with Gasteiger partial charge in [0.15, 0.2) is 6.29 Å². The monoisotopic (exact) mass is 409 g/mol. The molecule has 0 saturated carbocycles. The van der Waals surface area contributed by atoms with Crippen molar-refractivity contribution in [3.05, 3.63) is 47.8 Å². The molecule has 0 radical (unpaired) electrons. The van der Waals surface area contributed by atoms with Crippen LogP contribution in [0.3, 0.4) is 0 Å². The fourth-order valence-electron chi connectivity index (χ4n) is 2.76. The first kappa shape index (κ1) is 22.5. The van der Waals surface area contributed by atoms with Gasteiger partial charge in [-0.15, -0.1) is 0 Å². The van der Waals surface area contributed by atoms with E-state index < -0.39 is 21.7 Å². The van der Waals surface area contributed by atoms with E-state index in [9.17, 15) is 8.42 Å². The maximum absolute atomic E-state index is 13.0. The molecule has 1 aromatic carbocycles. The standard InChI is InChI=1S/C20H31N3O4S/c1-6-26-18(27-7-2)13-21-28(24,25)17-15-23(22-19(17)20(3,4)5)14-16-11-9-8-10-12-16/h8-12,15,18,21H,6-7,13-14H2,1-5H3. The number of ether oxygens (including phenoxy) is 2. The van der Waals surface area contributed by atoms with Gasteiger partial charge in [-0.05, 0) is 19.4 Å². The Morgan fingerprint density at radius 2 is 1.71 bits per heavy atom. The van der Waals surface area contributed by atoms with Crippen molar-refractivity contribution in [2.75, 3.05) is 19.8 Å². The number of nitrogens with zero attached hydrogens (tertiary/aromatic N) is 2. The molecule has 0 atom stereocenters.